The Morgan fingerprint density at radius 3 is 2.94 bits per heavy atom. The second-order valence-electron chi connectivity index (χ2n) is 4.90. The molecule has 0 spiro atoms. The second-order valence-corrected chi connectivity index (χ2v) is 4.90. The van der Waals surface area contributed by atoms with E-state index in [0.29, 0.717) is 12.6 Å². The fraction of sp³-hybridized carbons (Fsp3) is 0.917. The number of methoxy groups -OCH3 is 1. The number of aliphatic hydroxyl groups excluding tert-OH is 1. The molecule has 0 saturated carbocycles. The molecule has 3 unspecified atom stereocenters. The molecule has 17 heavy (non-hydrogen) atoms. The van der Waals surface area contributed by atoms with Gasteiger partial charge in [0.05, 0.1) is 12.7 Å². The lowest BCUT2D eigenvalue weighted by atomic mass is 9.92. The lowest BCUT2D eigenvalue weighted by Gasteiger charge is -2.31. The van der Waals surface area contributed by atoms with Crippen LogP contribution in [0.3, 0.4) is 0 Å². The van der Waals surface area contributed by atoms with Gasteiger partial charge >= 0.3 is 0 Å². The summed E-state index contributed by atoms with van der Waals surface area (Å²) in [5, 5.41) is 12.9. The van der Waals surface area contributed by atoms with Crippen LogP contribution in [0.1, 0.15) is 19.8 Å². The fourth-order valence-electron chi connectivity index (χ4n) is 2.32. The van der Waals surface area contributed by atoms with Crippen molar-refractivity contribution in [3.05, 3.63) is 0 Å². The first-order chi connectivity index (χ1) is 8.04. The van der Waals surface area contributed by atoms with E-state index < -0.39 is 6.10 Å². The molecule has 0 aromatic heterocycles. The first-order valence-electron chi connectivity index (χ1n) is 6.20. The van der Waals surface area contributed by atoms with Crippen LogP contribution in [0, 0.1) is 5.92 Å². The van der Waals surface area contributed by atoms with E-state index >= 15 is 0 Å². The summed E-state index contributed by atoms with van der Waals surface area (Å²) in [6, 6.07) is 0.398. The predicted octanol–water partition coefficient (Wildman–Crippen LogP) is -0.160. The zero-order valence-corrected chi connectivity index (χ0v) is 11.0. The summed E-state index contributed by atoms with van der Waals surface area (Å²) in [6.07, 6.45) is 1.16. The summed E-state index contributed by atoms with van der Waals surface area (Å²) < 4.78 is 4.85. The predicted molar refractivity (Wildman–Crippen MR) is 65.7 cm³/mol. The highest BCUT2D eigenvalue weighted by Crippen LogP contribution is 2.18. The Kier molecular flexibility index (Phi) is 5.88. The van der Waals surface area contributed by atoms with Gasteiger partial charge in [-0.25, -0.2) is 0 Å². The van der Waals surface area contributed by atoms with Gasteiger partial charge < -0.3 is 20.1 Å². The number of nitrogens with one attached hydrogen (secondary N) is 1. The Bertz CT molecular complexity index is 248. The summed E-state index contributed by atoms with van der Waals surface area (Å²) in [5.74, 6) is 0.222. The van der Waals surface area contributed by atoms with Crippen molar-refractivity contribution in [2.24, 2.45) is 5.92 Å². The van der Waals surface area contributed by atoms with Crippen molar-refractivity contribution >= 4 is 5.91 Å². The van der Waals surface area contributed by atoms with Crippen molar-refractivity contribution in [1.29, 1.82) is 0 Å². The molecule has 2 N–H and O–H groups in total. The first kappa shape index (κ1) is 14.4. The number of rotatable bonds is 5. The molecule has 100 valence electrons. The maximum Gasteiger partial charge on any atom is 0.225 e. The van der Waals surface area contributed by atoms with Crippen LogP contribution in [0.5, 0.6) is 0 Å². The molecular formula is C12H24N2O3. The van der Waals surface area contributed by atoms with E-state index in [9.17, 15) is 9.90 Å². The number of carbonyl (C=O) groups excluding carboxylic acids is 1. The van der Waals surface area contributed by atoms with Crippen LogP contribution in [-0.2, 0) is 9.53 Å². The SMILES string of the molecule is COCC(O)CN(C)C(=O)C1CCNC(C)C1. The summed E-state index contributed by atoms with van der Waals surface area (Å²) >= 11 is 0. The number of amides is 1. The van der Waals surface area contributed by atoms with Crippen molar-refractivity contribution < 1.29 is 14.6 Å². The number of carbonyl (C=O) groups is 1. The molecule has 1 heterocycles. The molecule has 5 nitrogen and oxygen atoms in total. The highest BCUT2D eigenvalue weighted by atomic mass is 16.5. The number of hydrogen-bond acceptors (Lipinski definition) is 4. The Morgan fingerprint density at radius 1 is 1.65 bits per heavy atom. The third-order valence-electron chi connectivity index (χ3n) is 3.19. The minimum Gasteiger partial charge on any atom is -0.389 e. The minimum absolute atomic E-state index is 0.0889. The molecule has 1 fully saturated rings. The summed E-state index contributed by atoms with van der Waals surface area (Å²) in [5.41, 5.74) is 0. The first-order valence-corrected chi connectivity index (χ1v) is 6.20. The topological polar surface area (TPSA) is 61.8 Å². The van der Waals surface area contributed by atoms with Gasteiger partial charge in [0.1, 0.15) is 0 Å². The number of likely N-dealkylation sites (N-methyl/N-ethyl adjacent to an activating group) is 1. The number of hydrogen-bond donors (Lipinski definition) is 2. The fourth-order valence-corrected chi connectivity index (χ4v) is 2.32. The van der Waals surface area contributed by atoms with Gasteiger partial charge in [-0.3, -0.25) is 4.79 Å². The van der Waals surface area contributed by atoms with Crippen molar-refractivity contribution in [3.63, 3.8) is 0 Å². The summed E-state index contributed by atoms with van der Waals surface area (Å²) in [7, 11) is 3.29. The standard InChI is InChI=1S/C12H24N2O3/c1-9-6-10(4-5-13-9)12(16)14(2)7-11(15)8-17-3/h9-11,13,15H,4-8H2,1-3H3. The third kappa shape index (κ3) is 4.61. The van der Waals surface area contributed by atoms with Gasteiger partial charge in [-0.1, -0.05) is 0 Å². The molecule has 1 aliphatic rings. The van der Waals surface area contributed by atoms with Crippen LogP contribution in [0.25, 0.3) is 0 Å². The quantitative estimate of drug-likeness (QED) is 0.705. The minimum atomic E-state index is -0.604. The summed E-state index contributed by atoms with van der Waals surface area (Å²) in [4.78, 5) is 13.7. The zero-order chi connectivity index (χ0) is 12.8. The van der Waals surface area contributed by atoms with Crippen LogP contribution < -0.4 is 5.32 Å². The maximum atomic E-state index is 12.1. The van der Waals surface area contributed by atoms with Gasteiger partial charge in [-0.2, -0.15) is 0 Å². The zero-order valence-electron chi connectivity index (χ0n) is 11.0. The molecule has 0 radical (unpaired) electrons. The maximum absolute atomic E-state index is 12.1. The Balaban J connectivity index is 2.39. The Hall–Kier alpha value is -0.650. The Morgan fingerprint density at radius 2 is 2.35 bits per heavy atom. The van der Waals surface area contributed by atoms with E-state index in [-0.39, 0.29) is 18.4 Å². The van der Waals surface area contributed by atoms with Crippen molar-refractivity contribution in [1.82, 2.24) is 10.2 Å². The molecule has 1 rings (SSSR count). The molecule has 5 heteroatoms. The Labute approximate surface area is 103 Å². The molecule has 0 aromatic rings. The van der Waals surface area contributed by atoms with Crippen LogP contribution in [-0.4, -0.2) is 61.9 Å². The van der Waals surface area contributed by atoms with Crippen LogP contribution in [0.4, 0.5) is 0 Å². The molecule has 0 aliphatic carbocycles. The normalized spacial score (nSPS) is 26.6. The van der Waals surface area contributed by atoms with Crippen molar-refractivity contribution in [2.45, 2.75) is 31.9 Å². The van der Waals surface area contributed by atoms with E-state index in [4.69, 9.17) is 4.74 Å². The average molecular weight is 244 g/mol. The molecular weight excluding hydrogens is 220 g/mol. The molecule has 3 atom stereocenters. The number of ether oxygens (including phenoxy) is 1. The third-order valence-corrected chi connectivity index (χ3v) is 3.19. The van der Waals surface area contributed by atoms with E-state index in [0.717, 1.165) is 19.4 Å². The van der Waals surface area contributed by atoms with Gasteiger partial charge in [-0.05, 0) is 26.3 Å². The monoisotopic (exact) mass is 244 g/mol. The van der Waals surface area contributed by atoms with E-state index in [1.807, 2.05) is 0 Å². The van der Waals surface area contributed by atoms with Gasteiger partial charge in [0.15, 0.2) is 0 Å². The van der Waals surface area contributed by atoms with Crippen LogP contribution >= 0.6 is 0 Å². The van der Waals surface area contributed by atoms with E-state index in [2.05, 4.69) is 12.2 Å². The van der Waals surface area contributed by atoms with Crippen molar-refractivity contribution in [3.8, 4) is 0 Å². The lowest BCUT2D eigenvalue weighted by molar-refractivity contribution is -0.137. The molecule has 1 amide bonds. The highest BCUT2D eigenvalue weighted by Gasteiger charge is 2.27. The van der Waals surface area contributed by atoms with Gasteiger partial charge in [0.25, 0.3) is 0 Å². The highest BCUT2D eigenvalue weighted by molar-refractivity contribution is 5.78. The molecule has 1 aliphatic heterocycles. The average Bonchev–Trinajstić information content (AvgIpc) is 2.28. The largest absolute Gasteiger partial charge is 0.389 e. The van der Waals surface area contributed by atoms with Gasteiger partial charge in [0.2, 0.25) is 5.91 Å². The second kappa shape index (κ2) is 6.93. The van der Waals surface area contributed by atoms with Gasteiger partial charge in [0, 0.05) is 32.7 Å². The van der Waals surface area contributed by atoms with Crippen LogP contribution in [0.2, 0.25) is 0 Å². The smallest absolute Gasteiger partial charge is 0.225 e. The van der Waals surface area contributed by atoms with Crippen molar-refractivity contribution in [2.75, 3.05) is 33.9 Å². The van der Waals surface area contributed by atoms with Crippen LogP contribution in [0.15, 0.2) is 0 Å². The van der Waals surface area contributed by atoms with Gasteiger partial charge in [-0.15, -0.1) is 0 Å². The van der Waals surface area contributed by atoms with E-state index in [1.54, 1.807) is 19.1 Å². The molecule has 0 aromatic carbocycles. The number of piperidine rings is 1. The van der Waals surface area contributed by atoms with E-state index in [1.165, 1.54) is 0 Å². The lowest BCUT2D eigenvalue weighted by Crippen LogP contribution is -2.45. The number of aliphatic hydroxyl groups is 1. The summed E-state index contributed by atoms with van der Waals surface area (Å²) in [6.45, 7) is 3.59. The number of nitrogens with zero attached hydrogens (tertiary/aromatic N) is 1. The molecule has 1 saturated heterocycles. The molecule has 0 bridgehead atoms.